The van der Waals surface area contributed by atoms with Gasteiger partial charge in [-0.25, -0.2) is 0 Å². The summed E-state index contributed by atoms with van der Waals surface area (Å²) in [5.41, 5.74) is 1.12. The zero-order valence-electron chi connectivity index (χ0n) is 9.05. The quantitative estimate of drug-likeness (QED) is 0.543. The van der Waals surface area contributed by atoms with Gasteiger partial charge in [-0.05, 0) is 5.56 Å². The molecule has 0 aliphatic heterocycles. The molecular formula is C13H15NO. The second-order valence-corrected chi connectivity index (χ2v) is 3.36. The Morgan fingerprint density at radius 1 is 1.13 bits per heavy atom. The number of amides is 1. The summed E-state index contributed by atoms with van der Waals surface area (Å²) in [5.74, 6) is -0.00675. The fourth-order valence-corrected chi connectivity index (χ4v) is 1.02. The SMILES string of the molecule is CN(C)C(=O)C=CC=Cc1ccccc1. The molecule has 15 heavy (non-hydrogen) atoms. The van der Waals surface area contributed by atoms with E-state index in [0.717, 1.165) is 5.56 Å². The molecule has 0 fully saturated rings. The first kappa shape index (κ1) is 11.2. The largest absolute Gasteiger partial charge is 0.345 e. The molecule has 0 aliphatic rings. The first-order valence-electron chi connectivity index (χ1n) is 4.81. The first-order valence-corrected chi connectivity index (χ1v) is 4.81. The van der Waals surface area contributed by atoms with E-state index in [2.05, 4.69) is 0 Å². The third-order valence-corrected chi connectivity index (χ3v) is 1.88. The summed E-state index contributed by atoms with van der Waals surface area (Å²) < 4.78 is 0. The first-order chi connectivity index (χ1) is 7.20. The van der Waals surface area contributed by atoms with Gasteiger partial charge in [-0.1, -0.05) is 48.6 Å². The van der Waals surface area contributed by atoms with Crippen LogP contribution >= 0.6 is 0 Å². The minimum atomic E-state index is -0.00675. The average Bonchev–Trinajstić information content (AvgIpc) is 2.25. The highest BCUT2D eigenvalue weighted by Gasteiger charge is 1.94. The molecular weight excluding hydrogens is 186 g/mol. The molecule has 0 aliphatic carbocycles. The van der Waals surface area contributed by atoms with Crippen molar-refractivity contribution in [3.05, 3.63) is 54.1 Å². The minimum absolute atomic E-state index is 0.00675. The summed E-state index contributed by atoms with van der Waals surface area (Å²) in [7, 11) is 3.46. The highest BCUT2D eigenvalue weighted by Crippen LogP contribution is 2.00. The Balaban J connectivity index is 2.50. The number of hydrogen-bond donors (Lipinski definition) is 0. The number of carbonyl (C=O) groups excluding carboxylic acids is 1. The fraction of sp³-hybridized carbons (Fsp3) is 0.154. The zero-order valence-corrected chi connectivity index (χ0v) is 9.05. The molecule has 0 radical (unpaired) electrons. The summed E-state index contributed by atoms with van der Waals surface area (Å²) in [5, 5.41) is 0. The van der Waals surface area contributed by atoms with Gasteiger partial charge in [0.25, 0.3) is 0 Å². The topological polar surface area (TPSA) is 20.3 Å². The van der Waals surface area contributed by atoms with Crippen molar-refractivity contribution in [3.63, 3.8) is 0 Å². The Kier molecular flexibility index (Phi) is 4.35. The van der Waals surface area contributed by atoms with Gasteiger partial charge in [0.15, 0.2) is 0 Å². The zero-order chi connectivity index (χ0) is 11.1. The summed E-state index contributed by atoms with van der Waals surface area (Å²) in [6.07, 6.45) is 7.10. The van der Waals surface area contributed by atoms with E-state index >= 15 is 0 Å². The number of carbonyl (C=O) groups is 1. The van der Waals surface area contributed by atoms with E-state index in [0.29, 0.717) is 0 Å². The number of rotatable bonds is 3. The van der Waals surface area contributed by atoms with Crippen molar-refractivity contribution in [2.24, 2.45) is 0 Å². The smallest absolute Gasteiger partial charge is 0.246 e. The molecule has 0 unspecified atom stereocenters. The second kappa shape index (κ2) is 5.81. The number of nitrogens with zero attached hydrogens (tertiary/aromatic N) is 1. The van der Waals surface area contributed by atoms with E-state index in [1.165, 1.54) is 4.90 Å². The van der Waals surface area contributed by atoms with Crippen LogP contribution in [-0.4, -0.2) is 24.9 Å². The molecule has 2 nitrogen and oxygen atoms in total. The van der Waals surface area contributed by atoms with Crippen molar-refractivity contribution in [1.29, 1.82) is 0 Å². The molecule has 0 N–H and O–H groups in total. The minimum Gasteiger partial charge on any atom is -0.345 e. The van der Waals surface area contributed by atoms with Gasteiger partial charge in [-0.15, -0.1) is 0 Å². The maximum atomic E-state index is 11.2. The van der Waals surface area contributed by atoms with Crippen LogP contribution in [-0.2, 0) is 4.79 Å². The van der Waals surface area contributed by atoms with Gasteiger partial charge in [0.2, 0.25) is 5.91 Å². The predicted octanol–water partition coefficient (Wildman–Crippen LogP) is 2.34. The molecule has 0 bridgehead atoms. The van der Waals surface area contributed by atoms with Crippen LogP contribution in [0.2, 0.25) is 0 Å². The standard InChI is InChI=1S/C13H15NO/c1-14(2)13(15)11-7-6-10-12-8-4-3-5-9-12/h3-11H,1-2H3. The van der Waals surface area contributed by atoms with Crippen molar-refractivity contribution in [3.8, 4) is 0 Å². The molecule has 0 atom stereocenters. The number of allylic oxidation sites excluding steroid dienone is 2. The molecule has 2 heteroatoms. The van der Waals surface area contributed by atoms with E-state index in [4.69, 9.17) is 0 Å². The molecule has 1 amide bonds. The average molecular weight is 201 g/mol. The highest BCUT2D eigenvalue weighted by atomic mass is 16.2. The number of benzene rings is 1. The second-order valence-electron chi connectivity index (χ2n) is 3.36. The van der Waals surface area contributed by atoms with Gasteiger partial charge >= 0.3 is 0 Å². The lowest BCUT2D eigenvalue weighted by molar-refractivity contribution is -0.123. The van der Waals surface area contributed by atoms with Crippen LogP contribution < -0.4 is 0 Å². The molecule has 0 saturated carbocycles. The molecule has 1 aromatic carbocycles. The van der Waals surface area contributed by atoms with Crippen molar-refractivity contribution < 1.29 is 4.79 Å². The monoisotopic (exact) mass is 201 g/mol. The van der Waals surface area contributed by atoms with Gasteiger partial charge in [-0.3, -0.25) is 4.79 Å². The third-order valence-electron chi connectivity index (χ3n) is 1.88. The Morgan fingerprint density at radius 2 is 1.80 bits per heavy atom. The van der Waals surface area contributed by atoms with E-state index in [1.54, 1.807) is 26.2 Å². The van der Waals surface area contributed by atoms with E-state index < -0.39 is 0 Å². The Labute approximate surface area is 90.5 Å². The van der Waals surface area contributed by atoms with Gasteiger partial charge in [0.1, 0.15) is 0 Å². The van der Waals surface area contributed by atoms with Crippen LogP contribution in [0.15, 0.2) is 48.6 Å². The molecule has 1 aromatic rings. The molecule has 0 spiro atoms. The van der Waals surface area contributed by atoms with Crippen molar-refractivity contribution >= 4 is 12.0 Å². The van der Waals surface area contributed by atoms with Crippen LogP contribution in [0.5, 0.6) is 0 Å². The summed E-state index contributed by atoms with van der Waals surface area (Å²) >= 11 is 0. The molecule has 78 valence electrons. The van der Waals surface area contributed by atoms with Crippen molar-refractivity contribution in [1.82, 2.24) is 4.90 Å². The summed E-state index contributed by atoms with van der Waals surface area (Å²) in [6.45, 7) is 0. The van der Waals surface area contributed by atoms with Crippen LogP contribution in [0, 0.1) is 0 Å². The van der Waals surface area contributed by atoms with Crippen LogP contribution in [0.1, 0.15) is 5.56 Å². The molecule has 0 aromatic heterocycles. The number of hydrogen-bond acceptors (Lipinski definition) is 1. The lowest BCUT2D eigenvalue weighted by Gasteiger charge is -2.04. The van der Waals surface area contributed by atoms with Crippen LogP contribution in [0.25, 0.3) is 6.08 Å². The Morgan fingerprint density at radius 3 is 2.40 bits per heavy atom. The fourth-order valence-electron chi connectivity index (χ4n) is 1.02. The van der Waals surface area contributed by atoms with Gasteiger partial charge in [0.05, 0.1) is 0 Å². The predicted molar refractivity (Wildman–Crippen MR) is 63.3 cm³/mol. The molecule has 1 rings (SSSR count). The maximum absolute atomic E-state index is 11.2. The third kappa shape index (κ3) is 4.27. The lowest BCUT2D eigenvalue weighted by Crippen LogP contribution is -2.18. The Bertz CT molecular complexity index is 363. The van der Waals surface area contributed by atoms with Crippen LogP contribution in [0.4, 0.5) is 0 Å². The van der Waals surface area contributed by atoms with Crippen LogP contribution in [0.3, 0.4) is 0 Å². The summed E-state index contributed by atoms with van der Waals surface area (Å²) in [4.78, 5) is 12.7. The van der Waals surface area contributed by atoms with Gasteiger partial charge in [-0.2, -0.15) is 0 Å². The Hall–Kier alpha value is -1.83. The molecule has 0 heterocycles. The highest BCUT2D eigenvalue weighted by molar-refractivity contribution is 5.87. The normalized spacial score (nSPS) is 11.1. The van der Waals surface area contributed by atoms with Gasteiger partial charge in [0, 0.05) is 20.2 Å². The van der Waals surface area contributed by atoms with E-state index in [1.807, 2.05) is 42.5 Å². The van der Waals surface area contributed by atoms with Crippen molar-refractivity contribution in [2.45, 2.75) is 0 Å². The lowest BCUT2D eigenvalue weighted by atomic mass is 10.2. The maximum Gasteiger partial charge on any atom is 0.246 e. The van der Waals surface area contributed by atoms with Gasteiger partial charge < -0.3 is 4.90 Å². The number of likely N-dealkylation sites (N-methyl/N-ethyl adjacent to an activating group) is 1. The van der Waals surface area contributed by atoms with E-state index in [-0.39, 0.29) is 5.91 Å². The molecule has 0 saturated heterocycles. The van der Waals surface area contributed by atoms with E-state index in [9.17, 15) is 4.79 Å². The summed E-state index contributed by atoms with van der Waals surface area (Å²) in [6, 6.07) is 9.96. The van der Waals surface area contributed by atoms with Crippen molar-refractivity contribution in [2.75, 3.05) is 14.1 Å².